The molecule has 6 heteroatoms. The molecule has 2 aliphatic heterocycles. The summed E-state index contributed by atoms with van der Waals surface area (Å²) in [5, 5.41) is 1.55. The predicted octanol–water partition coefficient (Wildman–Crippen LogP) is 9.16. The van der Waals surface area contributed by atoms with E-state index >= 15 is 0 Å². The molecule has 0 saturated carbocycles. The van der Waals surface area contributed by atoms with E-state index in [2.05, 4.69) is 38.1 Å². The van der Waals surface area contributed by atoms with E-state index in [1.165, 1.54) is 39.2 Å². The van der Waals surface area contributed by atoms with Crippen LogP contribution >= 0.6 is 70.2 Å². The third kappa shape index (κ3) is 3.91. The van der Waals surface area contributed by atoms with Crippen LogP contribution in [0.2, 0.25) is 10.0 Å². The Morgan fingerprint density at radius 3 is 1.23 bits per heavy atom. The summed E-state index contributed by atoms with van der Waals surface area (Å²) in [7, 11) is 0. The minimum Gasteiger partial charge on any atom is -0.0845 e. The topological polar surface area (TPSA) is 0 Å². The molecule has 0 spiro atoms. The molecule has 0 saturated heterocycles. The minimum atomic E-state index is 0.774. The maximum atomic E-state index is 6.03. The number of halogens is 2. The van der Waals surface area contributed by atoms with Gasteiger partial charge in [0.1, 0.15) is 0 Å². The van der Waals surface area contributed by atoms with Crippen molar-refractivity contribution >= 4 is 80.1 Å². The zero-order chi connectivity index (χ0) is 18.3. The quantitative estimate of drug-likeness (QED) is 0.444. The van der Waals surface area contributed by atoms with Gasteiger partial charge in [0.2, 0.25) is 0 Å². The van der Waals surface area contributed by atoms with Crippen LogP contribution in [0.3, 0.4) is 0 Å². The molecule has 2 aromatic rings. The van der Waals surface area contributed by atoms with Gasteiger partial charge in [0.15, 0.2) is 0 Å². The summed E-state index contributed by atoms with van der Waals surface area (Å²) in [4.78, 5) is 5.35. The molecule has 0 fully saturated rings. The van der Waals surface area contributed by atoms with Gasteiger partial charge in [0, 0.05) is 29.7 Å². The molecule has 0 aromatic heterocycles. The van der Waals surface area contributed by atoms with E-state index in [-0.39, 0.29) is 0 Å². The smallest absolute Gasteiger partial charge is 0.0703 e. The molecule has 0 aliphatic carbocycles. The molecular formula is C20H14Cl2S4. The second-order valence-electron chi connectivity index (χ2n) is 5.77. The van der Waals surface area contributed by atoms with Gasteiger partial charge in [-0.1, -0.05) is 94.5 Å². The fourth-order valence-electron chi connectivity index (χ4n) is 2.64. The van der Waals surface area contributed by atoms with Crippen LogP contribution in [-0.4, -0.2) is 0 Å². The summed E-state index contributed by atoms with van der Waals surface area (Å²) in [6.07, 6.45) is 0. The zero-order valence-corrected chi connectivity index (χ0v) is 18.8. The maximum Gasteiger partial charge on any atom is 0.0703 e. The van der Waals surface area contributed by atoms with Gasteiger partial charge in [-0.2, -0.15) is 0 Å². The molecule has 0 unspecified atom stereocenters. The lowest BCUT2D eigenvalue weighted by Crippen LogP contribution is -1.78. The first kappa shape index (κ1) is 19.0. The third-order valence-corrected chi connectivity index (χ3v) is 10.3. The average Bonchev–Trinajstić information content (AvgIpc) is 3.20. The molecule has 4 rings (SSSR count). The fourth-order valence-corrected chi connectivity index (χ4v) is 8.45. The highest BCUT2D eigenvalue weighted by molar-refractivity contribution is 8.37. The van der Waals surface area contributed by atoms with Crippen molar-refractivity contribution in [2.75, 3.05) is 0 Å². The molecule has 2 aliphatic rings. The van der Waals surface area contributed by atoms with E-state index < -0.39 is 0 Å². The molecule has 0 atom stereocenters. The molecule has 0 N–H and O–H groups in total. The minimum absolute atomic E-state index is 0.774. The number of rotatable bonds is 2. The Hall–Kier alpha value is -0.360. The van der Waals surface area contributed by atoms with E-state index in [0.29, 0.717) is 0 Å². The Labute approximate surface area is 180 Å². The monoisotopic (exact) mass is 452 g/mol. The Balaban J connectivity index is 1.57. The van der Waals surface area contributed by atoms with Crippen LogP contribution in [0, 0.1) is 0 Å². The maximum absolute atomic E-state index is 6.03. The number of allylic oxidation sites excluding steroid dienone is 2. The average molecular weight is 454 g/mol. The Morgan fingerprint density at radius 1 is 0.538 bits per heavy atom. The first-order valence-electron chi connectivity index (χ1n) is 7.90. The van der Waals surface area contributed by atoms with Gasteiger partial charge in [-0.25, -0.2) is 0 Å². The lowest BCUT2D eigenvalue weighted by atomic mass is 10.2. The van der Waals surface area contributed by atoms with Crippen LogP contribution in [0.25, 0.3) is 9.81 Å². The van der Waals surface area contributed by atoms with Crippen LogP contribution in [0.5, 0.6) is 0 Å². The van der Waals surface area contributed by atoms with E-state index in [9.17, 15) is 0 Å². The van der Waals surface area contributed by atoms with Gasteiger partial charge in [-0.15, -0.1) is 0 Å². The van der Waals surface area contributed by atoms with Crippen molar-refractivity contribution in [2.24, 2.45) is 0 Å². The summed E-state index contributed by atoms with van der Waals surface area (Å²) < 4.78 is 2.73. The van der Waals surface area contributed by atoms with Gasteiger partial charge in [0.25, 0.3) is 0 Å². The zero-order valence-electron chi connectivity index (χ0n) is 14.0. The van der Waals surface area contributed by atoms with Crippen molar-refractivity contribution in [3.8, 4) is 0 Å². The normalized spacial score (nSPS) is 20.5. The van der Waals surface area contributed by atoms with Gasteiger partial charge in [0.05, 0.1) is 8.47 Å². The van der Waals surface area contributed by atoms with Crippen molar-refractivity contribution in [3.05, 3.63) is 88.0 Å². The largest absolute Gasteiger partial charge is 0.0845 e. The lowest BCUT2D eigenvalue weighted by molar-refractivity contribution is 1.62. The van der Waals surface area contributed by atoms with Crippen molar-refractivity contribution in [1.82, 2.24) is 0 Å². The number of hydrogen-bond donors (Lipinski definition) is 0. The standard InChI is InChI=1S/C20H14Cl2S4/c1-11-17(13-3-7-15(21)8-4-13)25-19(23-11)20-24-12(2)18(26-20)14-5-9-16(22)10-6-14/h3-10H,1-2H3/b20-19-. The summed E-state index contributed by atoms with van der Waals surface area (Å²) in [6.45, 7) is 4.39. The van der Waals surface area contributed by atoms with E-state index in [1.807, 2.05) is 71.3 Å². The second-order valence-corrected chi connectivity index (χ2v) is 11.6. The predicted molar refractivity (Wildman–Crippen MR) is 125 cm³/mol. The van der Waals surface area contributed by atoms with Gasteiger partial charge < -0.3 is 0 Å². The number of thioether (sulfide) groups is 4. The molecule has 132 valence electrons. The van der Waals surface area contributed by atoms with Crippen LogP contribution in [-0.2, 0) is 0 Å². The Bertz CT molecular complexity index is 875. The van der Waals surface area contributed by atoms with Crippen molar-refractivity contribution in [3.63, 3.8) is 0 Å². The van der Waals surface area contributed by atoms with Gasteiger partial charge in [-0.05, 0) is 49.2 Å². The third-order valence-electron chi connectivity index (χ3n) is 3.90. The molecule has 0 nitrogen and oxygen atoms in total. The van der Waals surface area contributed by atoms with Crippen LogP contribution in [0.4, 0.5) is 0 Å². The summed E-state index contributed by atoms with van der Waals surface area (Å²) >= 11 is 19.5. The van der Waals surface area contributed by atoms with Crippen LogP contribution in [0.15, 0.2) is 66.8 Å². The molecule has 2 heterocycles. The van der Waals surface area contributed by atoms with E-state index in [4.69, 9.17) is 23.2 Å². The Morgan fingerprint density at radius 2 is 0.885 bits per heavy atom. The summed E-state index contributed by atoms with van der Waals surface area (Å²) in [6, 6.07) is 16.2. The fraction of sp³-hybridized carbons (Fsp3) is 0.100. The SMILES string of the molecule is CC1=C(c2ccc(Cl)cc2)S/C(=C2/SC(C)=C(c3ccc(Cl)cc3)S2)S1. The number of benzene rings is 2. The molecule has 0 radical (unpaired) electrons. The van der Waals surface area contributed by atoms with Crippen molar-refractivity contribution < 1.29 is 0 Å². The van der Waals surface area contributed by atoms with Gasteiger partial charge >= 0.3 is 0 Å². The van der Waals surface area contributed by atoms with Gasteiger partial charge in [-0.3, -0.25) is 0 Å². The summed E-state index contributed by atoms with van der Waals surface area (Å²) in [5.41, 5.74) is 2.46. The highest BCUT2D eigenvalue weighted by Gasteiger charge is 2.28. The highest BCUT2D eigenvalue weighted by atomic mass is 35.5. The lowest BCUT2D eigenvalue weighted by Gasteiger charge is -2.05. The molecule has 2 aromatic carbocycles. The van der Waals surface area contributed by atoms with E-state index in [1.54, 1.807) is 0 Å². The van der Waals surface area contributed by atoms with Crippen molar-refractivity contribution in [2.45, 2.75) is 13.8 Å². The van der Waals surface area contributed by atoms with Crippen LogP contribution < -0.4 is 0 Å². The molecule has 0 bridgehead atoms. The van der Waals surface area contributed by atoms with Crippen molar-refractivity contribution in [1.29, 1.82) is 0 Å². The molecular weight excluding hydrogens is 439 g/mol. The first-order valence-corrected chi connectivity index (χ1v) is 11.9. The first-order chi connectivity index (χ1) is 12.5. The van der Waals surface area contributed by atoms with Crippen LogP contribution in [0.1, 0.15) is 25.0 Å². The molecule has 26 heavy (non-hydrogen) atoms. The Kier molecular flexibility index (Phi) is 5.80. The molecule has 0 amide bonds. The highest BCUT2D eigenvalue weighted by Crippen LogP contribution is 2.63. The van der Waals surface area contributed by atoms with E-state index in [0.717, 1.165) is 10.0 Å². The number of hydrogen-bond acceptors (Lipinski definition) is 4. The second kappa shape index (κ2) is 7.94. The summed E-state index contributed by atoms with van der Waals surface area (Å²) in [5.74, 6) is 0.